The zero-order valence-corrected chi connectivity index (χ0v) is 16.9. The van der Waals surface area contributed by atoms with Gasteiger partial charge in [-0.3, -0.25) is 9.89 Å². The molecule has 1 saturated heterocycles. The van der Waals surface area contributed by atoms with Crippen LogP contribution in [0.1, 0.15) is 23.8 Å². The van der Waals surface area contributed by atoms with Crippen LogP contribution in [0.5, 0.6) is 5.75 Å². The molecule has 1 aliphatic heterocycles. The van der Waals surface area contributed by atoms with Gasteiger partial charge in [-0.1, -0.05) is 18.2 Å². The van der Waals surface area contributed by atoms with Gasteiger partial charge >= 0.3 is 0 Å². The minimum absolute atomic E-state index is 0.324. The number of rotatable bonds is 7. The topological polar surface area (TPSA) is 51.1 Å². The molecule has 1 fully saturated rings. The normalized spacial score (nSPS) is 15.9. The number of aryl methyl sites for hydroxylation is 1. The van der Waals surface area contributed by atoms with E-state index in [-0.39, 0.29) is 0 Å². The molecule has 2 N–H and O–H groups in total. The smallest absolute Gasteiger partial charge is 0.194 e. The quantitative estimate of drug-likeness (QED) is 0.436. The highest BCUT2D eigenvalue weighted by Crippen LogP contribution is 2.14. The molecule has 3 rings (SSSR count). The van der Waals surface area contributed by atoms with Gasteiger partial charge in [0.1, 0.15) is 5.75 Å². The Bertz CT molecular complexity index is 691. The average Bonchev–Trinajstić information content (AvgIpc) is 3.19. The summed E-state index contributed by atoms with van der Waals surface area (Å²) in [4.78, 5) is 11.2. The summed E-state index contributed by atoms with van der Waals surface area (Å²) in [5.74, 6) is 1.36. The summed E-state index contributed by atoms with van der Waals surface area (Å²) in [6.07, 6.45) is 2.00. The van der Waals surface area contributed by atoms with Gasteiger partial charge in [0.05, 0.1) is 0 Å². The Kier molecular flexibility index (Phi) is 7.54. The molecule has 2 heterocycles. The fourth-order valence-electron chi connectivity index (χ4n) is 3.30. The maximum absolute atomic E-state index is 9.36. The van der Waals surface area contributed by atoms with E-state index in [1.165, 1.54) is 10.4 Å². The molecule has 0 spiro atoms. The number of hydrogen-bond acceptors (Lipinski definition) is 4. The van der Waals surface area contributed by atoms with E-state index in [2.05, 4.69) is 39.6 Å². The van der Waals surface area contributed by atoms with E-state index in [9.17, 15) is 5.11 Å². The molecule has 0 amide bonds. The monoisotopic (exact) mass is 386 g/mol. The lowest BCUT2D eigenvalue weighted by atomic mass is 10.1. The summed E-state index contributed by atoms with van der Waals surface area (Å²) in [6.45, 7) is 9.10. The highest BCUT2D eigenvalue weighted by atomic mass is 32.1. The van der Waals surface area contributed by atoms with Crippen molar-refractivity contribution in [1.82, 2.24) is 15.1 Å². The van der Waals surface area contributed by atoms with Crippen LogP contribution >= 0.6 is 11.3 Å². The molecule has 1 aromatic heterocycles. The molecule has 5 nitrogen and oxygen atoms in total. The first kappa shape index (κ1) is 19.7. The minimum Gasteiger partial charge on any atom is -0.508 e. The van der Waals surface area contributed by atoms with E-state index in [4.69, 9.17) is 4.99 Å². The van der Waals surface area contributed by atoms with Gasteiger partial charge in [-0.2, -0.15) is 0 Å². The summed E-state index contributed by atoms with van der Waals surface area (Å²) < 4.78 is 0. The number of thiophene rings is 1. The van der Waals surface area contributed by atoms with Gasteiger partial charge in [-0.15, -0.1) is 11.3 Å². The SMILES string of the molecule is CCNC(=NCCCc1ccc(O)cc1)N1CCN(Cc2cccs2)CC1. The number of piperazine rings is 1. The molecule has 6 heteroatoms. The molecular formula is C21H30N4OS. The molecule has 0 aliphatic carbocycles. The van der Waals surface area contributed by atoms with E-state index in [0.717, 1.165) is 64.6 Å². The van der Waals surface area contributed by atoms with E-state index in [1.54, 1.807) is 12.1 Å². The Morgan fingerprint density at radius 2 is 1.93 bits per heavy atom. The van der Waals surface area contributed by atoms with Crippen molar-refractivity contribution in [3.63, 3.8) is 0 Å². The fraction of sp³-hybridized carbons (Fsp3) is 0.476. The number of benzene rings is 1. The number of phenols is 1. The highest BCUT2D eigenvalue weighted by molar-refractivity contribution is 7.09. The van der Waals surface area contributed by atoms with Crippen molar-refractivity contribution in [2.45, 2.75) is 26.3 Å². The predicted octanol–water partition coefficient (Wildman–Crippen LogP) is 3.17. The lowest BCUT2D eigenvalue weighted by molar-refractivity contribution is 0.173. The van der Waals surface area contributed by atoms with Crippen molar-refractivity contribution in [3.8, 4) is 5.75 Å². The largest absolute Gasteiger partial charge is 0.508 e. The Balaban J connectivity index is 1.45. The first-order valence-corrected chi connectivity index (χ1v) is 10.7. The molecule has 0 saturated carbocycles. The molecule has 146 valence electrons. The van der Waals surface area contributed by atoms with Gasteiger partial charge in [-0.25, -0.2) is 0 Å². The second-order valence-corrected chi connectivity index (χ2v) is 7.88. The maximum atomic E-state index is 9.36. The summed E-state index contributed by atoms with van der Waals surface area (Å²) in [6, 6.07) is 11.8. The lowest BCUT2D eigenvalue weighted by Gasteiger charge is -2.36. The van der Waals surface area contributed by atoms with Gasteiger partial charge in [0, 0.05) is 50.7 Å². The van der Waals surface area contributed by atoms with Crippen LogP contribution in [0.3, 0.4) is 0 Å². The third-order valence-corrected chi connectivity index (χ3v) is 5.65. The van der Waals surface area contributed by atoms with Gasteiger partial charge in [0.2, 0.25) is 0 Å². The zero-order chi connectivity index (χ0) is 18.9. The second-order valence-electron chi connectivity index (χ2n) is 6.85. The van der Waals surface area contributed by atoms with Gasteiger partial charge in [-0.05, 0) is 48.9 Å². The number of nitrogens with one attached hydrogen (secondary N) is 1. The maximum Gasteiger partial charge on any atom is 0.194 e. The molecule has 1 aromatic carbocycles. The van der Waals surface area contributed by atoms with Gasteiger partial charge in [0.25, 0.3) is 0 Å². The summed E-state index contributed by atoms with van der Waals surface area (Å²) >= 11 is 1.84. The van der Waals surface area contributed by atoms with Crippen molar-refractivity contribution in [1.29, 1.82) is 0 Å². The molecule has 0 unspecified atom stereocenters. The Hall–Kier alpha value is -2.05. The molecule has 0 radical (unpaired) electrons. The molecule has 27 heavy (non-hydrogen) atoms. The van der Waals surface area contributed by atoms with Crippen LogP contribution in [0.4, 0.5) is 0 Å². The van der Waals surface area contributed by atoms with Crippen molar-refractivity contribution < 1.29 is 5.11 Å². The molecular weight excluding hydrogens is 356 g/mol. The molecule has 0 atom stereocenters. The predicted molar refractivity (Wildman–Crippen MR) is 114 cm³/mol. The van der Waals surface area contributed by atoms with E-state index in [1.807, 2.05) is 23.5 Å². The third kappa shape index (κ3) is 6.26. The van der Waals surface area contributed by atoms with Crippen molar-refractivity contribution in [2.24, 2.45) is 4.99 Å². The van der Waals surface area contributed by atoms with Crippen LogP contribution in [-0.2, 0) is 13.0 Å². The van der Waals surface area contributed by atoms with Crippen molar-refractivity contribution in [3.05, 3.63) is 52.2 Å². The first-order chi connectivity index (χ1) is 13.2. The summed E-state index contributed by atoms with van der Waals surface area (Å²) in [5.41, 5.74) is 1.25. The highest BCUT2D eigenvalue weighted by Gasteiger charge is 2.19. The number of nitrogens with zero attached hydrogens (tertiary/aromatic N) is 3. The van der Waals surface area contributed by atoms with Crippen molar-refractivity contribution in [2.75, 3.05) is 39.3 Å². The lowest BCUT2D eigenvalue weighted by Crippen LogP contribution is -2.52. The van der Waals surface area contributed by atoms with Gasteiger partial charge < -0.3 is 15.3 Å². The number of guanidine groups is 1. The van der Waals surface area contributed by atoms with Gasteiger partial charge in [0.15, 0.2) is 5.96 Å². The fourth-order valence-corrected chi connectivity index (χ4v) is 4.04. The molecule has 2 aromatic rings. The number of aliphatic imine (C=N–C) groups is 1. The molecule has 0 bridgehead atoms. The molecule has 1 aliphatic rings. The average molecular weight is 387 g/mol. The summed E-state index contributed by atoms with van der Waals surface area (Å²) in [5, 5.41) is 15.0. The van der Waals surface area contributed by atoms with Crippen molar-refractivity contribution >= 4 is 17.3 Å². The van der Waals surface area contributed by atoms with Crippen LogP contribution in [0.15, 0.2) is 46.8 Å². The number of phenolic OH excluding ortho intramolecular Hbond substituents is 1. The summed E-state index contributed by atoms with van der Waals surface area (Å²) in [7, 11) is 0. The zero-order valence-electron chi connectivity index (χ0n) is 16.1. The Labute approximate surface area is 166 Å². The minimum atomic E-state index is 0.324. The first-order valence-electron chi connectivity index (χ1n) is 9.80. The Morgan fingerprint density at radius 1 is 1.15 bits per heavy atom. The third-order valence-electron chi connectivity index (χ3n) is 4.79. The number of aromatic hydroxyl groups is 1. The van der Waals surface area contributed by atoms with Crippen LogP contribution in [-0.4, -0.2) is 60.1 Å². The van der Waals surface area contributed by atoms with Crippen LogP contribution in [0.2, 0.25) is 0 Å². The van der Waals surface area contributed by atoms with E-state index in [0.29, 0.717) is 5.75 Å². The second kappa shape index (κ2) is 10.3. The van der Waals surface area contributed by atoms with E-state index < -0.39 is 0 Å². The van der Waals surface area contributed by atoms with E-state index >= 15 is 0 Å². The number of hydrogen-bond donors (Lipinski definition) is 2. The van der Waals surface area contributed by atoms with Crippen LogP contribution in [0, 0.1) is 0 Å². The van der Waals surface area contributed by atoms with Crippen LogP contribution < -0.4 is 5.32 Å². The van der Waals surface area contributed by atoms with Crippen LogP contribution in [0.25, 0.3) is 0 Å². The standard InChI is InChI=1S/C21H30N4OS/c1-2-22-21(23-11-3-5-18-7-9-19(26)10-8-18)25-14-12-24(13-15-25)17-20-6-4-16-27-20/h4,6-10,16,26H,2-3,5,11-15,17H2,1H3,(H,22,23). The Morgan fingerprint density at radius 3 is 2.59 bits per heavy atom.